The van der Waals surface area contributed by atoms with Gasteiger partial charge in [-0.3, -0.25) is 27.8 Å². The summed E-state index contributed by atoms with van der Waals surface area (Å²) in [6.07, 6.45) is 4.39. The molecule has 0 radical (unpaired) electrons. The molecule has 0 atom stereocenters. The number of urea groups is 1. The van der Waals surface area contributed by atoms with E-state index < -0.39 is 77.9 Å². The van der Waals surface area contributed by atoms with Crippen molar-refractivity contribution in [1.29, 1.82) is 0 Å². The fourth-order valence-corrected chi connectivity index (χ4v) is 7.79. The lowest BCUT2D eigenvalue weighted by atomic mass is 10.1. The Labute approximate surface area is 320 Å². The predicted molar refractivity (Wildman–Crippen MR) is 204 cm³/mol. The Morgan fingerprint density at radius 3 is 0.821 bits per heavy atom. The normalized spacial score (nSPS) is 12.4. The van der Waals surface area contributed by atoms with Crippen molar-refractivity contribution in [2.75, 3.05) is 21.3 Å². The van der Waals surface area contributed by atoms with E-state index in [2.05, 4.69) is 21.3 Å². The fraction of sp³-hybridized carbons (Fsp3) is 0.0606. The highest BCUT2D eigenvalue weighted by Gasteiger charge is 2.20. The Morgan fingerprint density at radius 1 is 0.411 bits per heavy atom. The maximum Gasteiger partial charge on any atom is 0.323 e. The molecule has 19 nitrogen and oxygen atoms in total. The highest BCUT2D eigenvalue weighted by molar-refractivity contribution is 7.86. The lowest BCUT2D eigenvalue weighted by Gasteiger charge is -2.12. The smallest absolute Gasteiger partial charge is 0.323 e. The first-order valence-electron chi connectivity index (χ1n) is 15.3. The summed E-state index contributed by atoms with van der Waals surface area (Å²) < 4.78 is 136. The average Bonchev–Trinajstić information content (AvgIpc) is 3.05. The average molecular weight is 851 g/mol. The van der Waals surface area contributed by atoms with Crippen molar-refractivity contribution in [1.82, 2.24) is 0 Å². The Hall–Kier alpha value is -5.79. The van der Waals surface area contributed by atoms with Crippen molar-refractivity contribution in [3.05, 3.63) is 95.1 Å². The van der Waals surface area contributed by atoms with Crippen LogP contribution in [0.5, 0.6) is 0 Å². The van der Waals surface area contributed by atoms with Gasteiger partial charge in [0.1, 0.15) is 19.6 Å². The molecule has 56 heavy (non-hydrogen) atoms. The Morgan fingerprint density at radius 2 is 0.625 bits per heavy atom. The van der Waals surface area contributed by atoms with Crippen LogP contribution in [0.2, 0.25) is 0 Å². The molecule has 0 saturated heterocycles. The third-order valence-corrected chi connectivity index (χ3v) is 10.8. The fourth-order valence-electron chi connectivity index (χ4n) is 4.95. The zero-order chi connectivity index (χ0) is 41.8. The Bertz CT molecular complexity index is 2590. The van der Waals surface area contributed by atoms with Gasteiger partial charge in [-0.15, -0.1) is 0 Å². The summed E-state index contributed by atoms with van der Waals surface area (Å²) >= 11 is 0. The van der Waals surface area contributed by atoms with Gasteiger partial charge in [-0.1, -0.05) is 48.6 Å². The first-order chi connectivity index (χ1) is 25.8. The van der Waals surface area contributed by atoms with Gasteiger partial charge in [-0.2, -0.15) is 33.7 Å². The van der Waals surface area contributed by atoms with Crippen LogP contribution in [0.25, 0.3) is 24.3 Å². The molecule has 0 aliphatic rings. The molecule has 0 spiro atoms. The molecular formula is C33H30N4O15S4. The van der Waals surface area contributed by atoms with Crippen LogP contribution in [0.15, 0.2) is 92.4 Å². The van der Waals surface area contributed by atoms with E-state index in [4.69, 9.17) is 0 Å². The second-order valence-electron chi connectivity index (χ2n) is 11.5. The standard InChI is InChI=1S/C33H30N4O15S4/c1-19(38)34-25-11-7-21(29(15-25)53(41,42)43)3-5-23-9-13-27(17-31(23)55(47,48)49)36-33(40)37-28-14-10-24(32(18-28)56(50,51)52)6-4-22-8-12-26(35-20(2)39)16-30(22)54(44,45)46/h3-18H,1-2H3,(H,34,38)(H,35,39)(H2,36,37,40)(H,41,42,43)(H,44,45,46)(H,47,48,49)(H,50,51,52)/b5-3-,6-4-. The monoisotopic (exact) mass is 850 g/mol. The van der Waals surface area contributed by atoms with Crippen LogP contribution in [0.1, 0.15) is 36.1 Å². The maximum absolute atomic E-state index is 12.9. The zero-order valence-electron chi connectivity index (χ0n) is 28.7. The molecule has 0 aromatic heterocycles. The molecule has 0 unspecified atom stereocenters. The van der Waals surface area contributed by atoms with E-state index in [0.717, 1.165) is 60.7 Å². The molecule has 0 aliphatic carbocycles. The number of rotatable bonds is 12. The number of nitrogens with one attached hydrogen (secondary N) is 4. The van der Waals surface area contributed by atoms with Gasteiger partial charge in [0, 0.05) is 36.6 Å². The van der Waals surface area contributed by atoms with Gasteiger partial charge in [0.05, 0.1) is 0 Å². The summed E-state index contributed by atoms with van der Waals surface area (Å²) in [5, 5.41) is 9.27. The van der Waals surface area contributed by atoms with Crippen molar-refractivity contribution < 1.29 is 66.3 Å². The van der Waals surface area contributed by atoms with Crippen LogP contribution >= 0.6 is 0 Å². The molecule has 0 saturated carbocycles. The number of anilines is 4. The van der Waals surface area contributed by atoms with Crippen LogP contribution in [-0.2, 0) is 50.1 Å². The van der Waals surface area contributed by atoms with Gasteiger partial charge in [-0.25, -0.2) is 4.79 Å². The molecule has 4 aromatic carbocycles. The molecule has 4 aromatic rings. The summed E-state index contributed by atoms with van der Waals surface area (Å²) in [5.74, 6) is -1.05. The second-order valence-corrected chi connectivity index (χ2v) is 17.1. The molecule has 0 heterocycles. The summed E-state index contributed by atoms with van der Waals surface area (Å²) in [5.41, 5.74) is -0.989. The van der Waals surface area contributed by atoms with Gasteiger partial charge in [-0.05, 0) is 70.8 Å². The zero-order valence-corrected chi connectivity index (χ0v) is 31.9. The van der Waals surface area contributed by atoms with Crippen molar-refractivity contribution in [3.63, 3.8) is 0 Å². The summed E-state index contributed by atoms with van der Waals surface area (Å²) in [6, 6.07) is 12.3. The van der Waals surface area contributed by atoms with E-state index in [0.29, 0.717) is 0 Å². The third kappa shape index (κ3) is 11.6. The van der Waals surface area contributed by atoms with Crippen molar-refractivity contribution >= 4 is 105 Å². The largest absolute Gasteiger partial charge is 0.326 e. The minimum Gasteiger partial charge on any atom is -0.326 e. The maximum atomic E-state index is 12.9. The Balaban J connectivity index is 1.60. The van der Waals surface area contributed by atoms with E-state index in [1.807, 2.05) is 0 Å². The van der Waals surface area contributed by atoms with Gasteiger partial charge in [0.15, 0.2) is 0 Å². The van der Waals surface area contributed by atoms with Crippen LogP contribution in [0.4, 0.5) is 27.5 Å². The SMILES string of the molecule is CC(=O)Nc1ccc(/C=C\c2ccc(NC(=O)Nc3ccc(/C=C\c4ccc(NC(C)=O)cc4S(=O)(=O)O)c(S(=O)(=O)O)c3)cc2S(=O)(=O)O)c(S(=O)(=O)O)c1. The number of benzene rings is 4. The topological polar surface area (TPSA) is 317 Å². The van der Waals surface area contributed by atoms with Crippen LogP contribution in [-0.4, -0.2) is 69.7 Å². The van der Waals surface area contributed by atoms with Gasteiger partial charge in [0.2, 0.25) is 11.8 Å². The second kappa shape index (κ2) is 16.5. The summed E-state index contributed by atoms with van der Waals surface area (Å²) in [6.45, 7) is 2.35. The van der Waals surface area contributed by atoms with Gasteiger partial charge < -0.3 is 21.3 Å². The molecule has 4 amide bonds. The van der Waals surface area contributed by atoms with Crippen LogP contribution in [0, 0.1) is 0 Å². The van der Waals surface area contributed by atoms with E-state index in [1.165, 1.54) is 50.2 Å². The molecule has 0 aliphatic heterocycles. The number of carbonyl (C=O) groups excluding carboxylic acids is 3. The molecule has 296 valence electrons. The highest BCUT2D eigenvalue weighted by Crippen LogP contribution is 2.28. The first-order valence-corrected chi connectivity index (χ1v) is 21.0. The minimum absolute atomic E-state index is 0.0385. The Kier molecular flexibility index (Phi) is 12.7. The number of amides is 4. The molecule has 0 fully saturated rings. The molecular weight excluding hydrogens is 821 g/mol. The lowest BCUT2D eigenvalue weighted by molar-refractivity contribution is -0.115. The van der Waals surface area contributed by atoms with Gasteiger partial charge >= 0.3 is 6.03 Å². The van der Waals surface area contributed by atoms with E-state index >= 15 is 0 Å². The summed E-state index contributed by atoms with van der Waals surface area (Å²) in [7, 11) is -19.6. The number of hydrogen-bond donors (Lipinski definition) is 8. The third-order valence-electron chi connectivity index (χ3n) is 7.21. The molecule has 8 N–H and O–H groups in total. The number of hydrogen-bond acceptors (Lipinski definition) is 11. The highest BCUT2D eigenvalue weighted by atomic mass is 32.2. The molecule has 23 heteroatoms. The van der Waals surface area contributed by atoms with Crippen LogP contribution in [0.3, 0.4) is 0 Å². The first kappa shape index (κ1) is 42.9. The predicted octanol–water partition coefficient (Wildman–Crippen LogP) is 4.58. The van der Waals surface area contributed by atoms with E-state index in [-0.39, 0.29) is 45.0 Å². The number of carbonyl (C=O) groups is 3. The minimum atomic E-state index is -4.99. The van der Waals surface area contributed by atoms with Crippen molar-refractivity contribution in [2.24, 2.45) is 0 Å². The molecule has 0 bridgehead atoms. The quantitative estimate of drug-likeness (QED) is 0.0715. The van der Waals surface area contributed by atoms with E-state index in [9.17, 15) is 66.3 Å². The van der Waals surface area contributed by atoms with Crippen LogP contribution < -0.4 is 21.3 Å². The van der Waals surface area contributed by atoms with Crippen molar-refractivity contribution in [2.45, 2.75) is 33.4 Å². The van der Waals surface area contributed by atoms with Crippen molar-refractivity contribution in [3.8, 4) is 0 Å². The van der Waals surface area contributed by atoms with E-state index in [1.54, 1.807) is 0 Å². The lowest BCUT2D eigenvalue weighted by Crippen LogP contribution is -2.20. The van der Waals surface area contributed by atoms with Gasteiger partial charge in [0.25, 0.3) is 40.5 Å². The molecule has 4 rings (SSSR count). The summed E-state index contributed by atoms with van der Waals surface area (Å²) in [4.78, 5) is 32.8.